The minimum absolute atomic E-state index is 0.104. The summed E-state index contributed by atoms with van der Waals surface area (Å²) in [6, 6.07) is 15.2. The summed E-state index contributed by atoms with van der Waals surface area (Å²) in [5.41, 5.74) is 2.23. The third-order valence-electron chi connectivity index (χ3n) is 5.02. The SMILES string of the molecule is CC[NH+](CC)CCCNC(=O)c1ccc2c(c1)NC(=O)C(=Cc1ccccc1)S2. The van der Waals surface area contributed by atoms with Gasteiger partial charge in [-0.2, -0.15) is 0 Å². The van der Waals surface area contributed by atoms with Crippen LogP contribution in [0.25, 0.3) is 6.08 Å². The Kier molecular flexibility index (Phi) is 7.49. The van der Waals surface area contributed by atoms with Crippen molar-refractivity contribution < 1.29 is 14.5 Å². The molecule has 0 atom stereocenters. The molecule has 5 nitrogen and oxygen atoms in total. The van der Waals surface area contributed by atoms with Gasteiger partial charge in [0.25, 0.3) is 11.8 Å². The smallest absolute Gasteiger partial charge is 0.262 e. The lowest BCUT2D eigenvalue weighted by Crippen LogP contribution is -3.11. The molecule has 0 saturated carbocycles. The molecule has 1 aliphatic heterocycles. The number of thioether (sulfide) groups is 1. The molecule has 0 saturated heterocycles. The van der Waals surface area contributed by atoms with Crippen LogP contribution < -0.4 is 15.5 Å². The highest BCUT2D eigenvalue weighted by Gasteiger charge is 2.22. The van der Waals surface area contributed by atoms with Crippen LogP contribution >= 0.6 is 11.8 Å². The predicted octanol–water partition coefficient (Wildman–Crippen LogP) is 2.82. The van der Waals surface area contributed by atoms with Crippen LogP contribution in [0, 0.1) is 0 Å². The van der Waals surface area contributed by atoms with Crippen molar-refractivity contribution in [1.82, 2.24) is 5.32 Å². The molecular weight excluding hydrogens is 382 g/mol. The van der Waals surface area contributed by atoms with Crippen molar-refractivity contribution in [2.45, 2.75) is 25.2 Å². The quantitative estimate of drug-likeness (QED) is 0.463. The minimum Gasteiger partial charge on any atom is -0.352 e. The Morgan fingerprint density at radius 1 is 1.14 bits per heavy atom. The molecule has 1 aliphatic rings. The summed E-state index contributed by atoms with van der Waals surface area (Å²) in [5, 5.41) is 5.89. The normalized spacial score (nSPS) is 14.6. The van der Waals surface area contributed by atoms with Crippen molar-refractivity contribution >= 4 is 35.3 Å². The number of quaternary nitrogens is 1. The van der Waals surface area contributed by atoms with Crippen LogP contribution in [-0.2, 0) is 4.79 Å². The van der Waals surface area contributed by atoms with E-state index in [1.165, 1.54) is 16.7 Å². The van der Waals surface area contributed by atoms with Gasteiger partial charge in [-0.3, -0.25) is 9.59 Å². The third kappa shape index (κ3) is 5.71. The van der Waals surface area contributed by atoms with Gasteiger partial charge in [-0.15, -0.1) is 0 Å². The maximum absolute atomic E-state index is 12.5. The van der Waals surface area contributed by atoms with Crippen LogP contribution in [0.3, 0.4) is 0 Å². The molecule has 0 unspecified atom stereocenters. The van der Waals surface area contributed by atoms with E-state index in [1.54, 1.807) is 6.07 Å². The molecule has 29 heavy (non-hydrogen) atoms. The molecule has 2 amide bonds. The van der Waals surface area contributed by atoms with E-state index in [1.807, 2.05) is 48.5 Å². The largest absolute Gasteiger partial charge is 0.352 e. The monoisotopic (exact) mass is 410 g/mol. The fourth-order valence-electron chi connectivity index (χ4n) is 3.25. The number of rotatable bonds is 8. The van der Waals surface area contributed by atoms with Crippen molar-refractivity contribution in [3.8, 4) is 0 Å². The Labute approximate surface area is 176 Å². The van der Waals surface area contributed by atoms with Crippen molar-refractivity contribution in [3.05, 3.63) is 64.6 Å². The van der Waals surface area contributed by atoms with Crippen molar-refractivity contribution in [2.75, 3.05) is 31.5 Å². The predicted molar refractivity (Wildman–Crippen MR) is 119 cm³/mol. The first-order valence-electron chi connectivity index (χ1n) is 10.1. The fraction of sp³-hybridized carbons (Fsp3) is 0.304. The Balaban J connectivity index is 1.62. The lowest BCUT2D eigenvalue weighted by molar-refractivity contribution is -0.896. The van der Waals surface area contributed by atoms with Gasteiger partial charge in [-0.05, 0) is 43.7 Å². The molecular formula is C23H28N3O2S+. The Morgan fingerprint density at radius 2 is 1.90 bits per heavy atom. The summed E-state index contributed by atoms with van der Waals surface area (Å²) in [6.45, 7) is 8.28. The first-order valence-corrected chi connectivity index (χ1v) is 10.9. The van der Waals surface area contributed by atoms with E-state index in [4.69, 9.17) is 0 Å². The highest BCUT2D eigenvalue weighted by atomic mass is 32.2. The molecule has 0 fully saturated rings. The maximum atomic E-state index is 12.5. The molecule has 2 aromatic carbocycles. The zero-order valence-electron chi connectivity index (χ0n) is 17.0. The van der Waals surface area contributed by atoms with E-state index in [0.29, 0.717) is 22.7 Å². The van der Waals surface area contributed by atoms with Crippen LogP contribution in [0.15, 0.2) is 58.3 Å². The van der Waals surface area contributed by atoms with Gasteiger partial charge in [0.05, 0.1) is 30.2 Å². The molecule has 152 valence electrons. The van der Waals surface area contributed by atoms with Gasteiger partial charge in [0, 0.05) is 23.4 Å². The van der Waals surface area contributed by atoms with Crippen molar-refractivity contribution in [1.29, 1.82) is 0 Å². The number of carbonyl (C=O) groups is 2. The average molecular weight is 411 g/mol. The van der Waals surface area contributed by atoms with Crippen LogP contribution in [0.1, 0.15) is 36.2 Å². The molecule has 0 aliphatic carbocycles. The molecule has 1 heterocycles. The minimum atomic E-state index is -0.147. The topological polar surface area (TPSA) is 62.6 Å². The summed E-state index contributed by atoms with van der Waals surface area (Å²) in [6.07, 6.45) is 2.83. The van der Waals surface area contributed by atoms with Gasteiger partial charge < -0.3 is 15.5 Å². The molecule has 0 radical (unpaired) electrons. The van der Waals surface area contributed by atoms with E-state index >= 15 is 0 Å². The second kappa shape index (κ2) is 10.3. The van der Waals surface area contributed by atoms with E-state index in [9.17, 15) is 9.59 Å². The highest BCUT2D eigenvalue weighted by molar-refractivity contribution is 8.04. The van der Waals surface area contributed by atoms with E-state index in [0.717, 1.165) is 36.5 Å². The Bertz CT molecular complexity index is 892. The molecule has 6 heteroatoms. The van der Waals surface area contributed by atoms with Crippen molar-refractivity contribution in [2.24, 2.45) is 0 Å². The van der Waals surface area contributed by atoms with Gasteiger partial charge in [-0.1, -0.05) is 42.1 Å². The summed E-state index contributed by atoms with van der Waals surface area (Å²) >= 11 is 1.42. The number of nitrogens with one attached hydrogen (secondary N) is 3. The van der Waals surface area contributed by atoms with Gasteiger partial charge >= 0.3 is 0 Å². The third-order valence-corrected chi connectivity index (χ3v) is 6.12. The lowest BCUT2D eigenvalue weighted by Gasteiger charge is -2.19. The van der Waals surface area contributed by atoms with Crippen molar-refractivity contribution in [3.63, 3.8) is 0 Å². The molecule has 3 N–H and O–H groups in total. The Morgan fingerprint density at radius 3 is 2.62 bits per heavy atom. The van der Waals surface area contributed by atoms with Crippen LogP contribution in [-0.4, -0.2) is 38.0 Å². The maximum Gasteiger partial charge on any atom is 0.262 e. The zero-order valence-corrected chi connectivity index (χ0v) is 17.8. The molecule has 0 bridgehead atoms. The Hall–Kier alpha value is -2.57. The van der Waals surface area contributed by atoms with Gasteiger partial charge in [0.15, 0.2) is 0 Å². The molecule has 3 rings (SSSR count). The summed E-state index contributed by atoms with van der Waals surface area (Å²) in [4.78, 5) is 28.0. The number of benzene rings is 2. The standard InChI is InChI=1S/C23H27N3O2S/c1-3-26(4-2)14-8-13-24-22(27)18-11-12-20-19(16-18)25-23(28)21(29-20)15-17-9-6-5-7-10-17/h5-7,9-12,15-16H,3-4,8,13-14H2,1-2H3,(H,24,27)(H,25,28)/p+1. The van der Waals surface area contributed by atoms with E-state index in [-0.39, 0.29) is 11.8 Å². The number of carbonyl (C=O) groups excluding carboxylic acids is 2. The average Bonchev–Trinajstić information content (AvgIpc) is 2.74. The number of hydrogen-bond donors (Lipinski definition) is 3. The van der Waals surface area contributed by atoms with E-state index in [2.05, 4.69) is 24.5 Å². The number of anilines is 1. The lowest BCUT2D eigenvalue weighted by atomic mass is 10.1. The van der Waals surface area contributed by atoms with Crippen LogP contribution in [0.2, 0.25) is 0 Å². The highest BCUT2D eigenvalue weighted by Crippen LogP contribution is 2.39. The van der Waals surface area contributed by atoms with Gasteiger partial charge in [0.2, 0.25) is 0 Å². The summed E-state index contributed by atoms with van der Waals surface area (Å²) < 4.78 is 0. The second-order valence-electron chi connectivity index (χ2n) is 7.00. The summed E-state index contributed by atoms with van der Waals surface area (Å²) in [5.74, 6) is -0.252. The fourth-order valence-corrected chi connectivity index (χ4v) is 4.18. The van der Waals surface area contributed by atoms with Crippen LogP contribution in [0.5, 0.6) is 0 Å². The number of amides is 2. The summed E-state index contributed by atoms with van der Waals surface area (Å²) in [7, 11) is 0. The van der Waals surface area contributed by atoms with Crippen LogP contribution in [0.4, 0.5) is 5.69 Å². The first kappa shape index (κ1) is 21.1. The van der Waals surface area contributed by atoms with E-state index < -0.39 is 0 Å². The molecule has 2 aromatic rings. The van der Waals surface area contributed by atoms with Gasteiger partial charge in [0.1, 0.15) is 0 Å². The second-order valence-corrected chi connectivity index (χ2v) is 8.09. The molecule has 0 spiro atoms. The van der Waals surface area contributed by atoms with Gasteiger partial charge in [-0.25, -0.2) is 0 Å². The first-order chi connectivity index (χ1) is 14.1. The zero-order chi connectivity index (χ0) is 20.6. The number of hydrogen-bond acceptors (Lipinski definition) is 3. The molecule has 0 aromatic heterocycles. The number of fused-ring (bicyclic) bond motifs is 1.